The number of nitrogens with zero attached hydrogens (tertiary/aromatic N) is 1. The lowest BCUT2D eigenvalue weighted by atomic mass is 10.2. The van der Waals surface area contributed by atoms with E-state index in [-0.39, 0.29) is 11.8 Å². The average Bonchev–Trinajstić information content (AvgIpc) is 3.06. The first-order valence-corrected chi connectivity index (χ1v) is 7.87. The van der Waals surface area contributed by atoms with Gasteiger partial charge in [0.2, 0.25) is 0 Å². The lowest BCUT2D eigenvalue weighted by molar-refractivity contribution is 0.0926. The number of H-pyrrole nitrogens is 1. The van der Waals surface area contributed by atoms with Crippen LogP contribution in [0.3, 0.4) is 0 Å². The topological polar surface area (TPSA) is 86.9 Å². The molecule has 2 aromatic carbocycles. The summed E-state index contributed by atoms with van der Waals surface area (Å²) in [6, 6.07) is 12.3. The van der Waals surface area contributed by atoms with Crippen molar-refractivity contribution >= 4 is 35.5 Å². The van der Waals surface area contributed by atoms with Crippen molar-refractivity contribution in [2.24, 2.45) is 0 Å². The van der Waals surface area contributed by atoms with Crippen molar-refractivity contribution in [1.29, 1.82) is 0 Å². The molecule has 0 saturated carbocycles. The van der Waals surface area contributed by atoms with Crippen LogP contribution in [0.15, 0.2) is 53.7 Å². The van der Waals surface area contributed by atoms with Gasteiger partial charge in [0.25, 0.3) is 11.8 Å². The Bertz CT molecular complexity index is 891. The number of hydrogen-bond donors (Lipinski definition) is 4. The molecule has 0 spiro atoms. The molecule has 6 nitrogen and oxygen atoms in total. The second kappa shape index (κ2) is 7.18. The summed E-state index contributed by atoms with van der Waals surface area (Å²) in [6.45, 7) is 0.666. The van der Waals surface area contributed by atoms with Crippen LogP contribution in [0.1, 0.15) is 20.7 Å². The third-order valence-corrected chi connectivity index (χ3v) is 3.92. The highest BCUT2D eigenvalue weighted by atomic mass is 32.1. The van der Waals surface area contributed by atoms with Gasteiger partial charge in [-0.1, -0.05) is 12.1 Å². The summed E-state index contributed by atoms with van der Waals surface area (Å²) in [7, 11) is 0. The fraction of sp³-hybridized carbons (Fsp3) is 0.118. The van der Waals surface area contributed by atoms with Gasteiger partial charge in [-0.3, -0.25) is 9.59 Å². The van der Waals surface area contributed by atoms with Gasteiger partial charge in [-0.25, -0.2) is 4.98 Å². The molecule has 2 amide bonds. The van der Waals surface area contributed by atoms with E-state index >= 15 is 0 Å². The first-order valence-electron chi connectivity index (χ1n) is 7.42. The van der Waals surface area contributed by atoms with Gasteiger partial charge in [0.15, 0.2) is 0 Å². The van der Waals surface area contributed by atoms with Crippen molar-refractivity contribution in [2.45, 2.75) is 4.90 Å². The molecule has 1 heterocycles. The monoisotopic (exact) mass is 340 g/mol. The Morgan fingerprint density at radius 2 is 1.79 bits per heavy atom. The number of nitrogens with one attached hydrogen (secondary N) is 3. The molecule has 0 unspecified atom stereocenters. The Morgan fingerprint density at radius 3 is 2.58 bits per heavy atom. The van der Waals surface area contributed by atoms with Gasteiger partial charge >= 0.3 is 0 Å². The second-order valence-electron chi connectivity index (χ2n) is 5.16. The Balaban J connectivity index is 1.50. The van der Waals surface area contributed by atoms with Crippen molar-refractivity contribution in [1.82, 2.24) is 20.6 Å². The molecule has 0 saturated heterocycles. The van der Waals surface area contributed by atoms with Crippen molar-refractivity contribution < 1.29 is 9.59 Å². The highest BCUT2D eigenvalue weighted by molar-refractivity contribution is 7.80. The van der Waals surface area contributed by atoms with E-state index < -0.39 is 0 Å². The number of thiol groups is 1. The number of carbonyl (C=O) groups excluding carboxylic acids is 2. The van der Waals surface area contributed by atoms with E-state index in [2.05, 4.69) is 33.2 Å². The van der Waals surface area contributed by atoms with E-state index in [1.54, 1.807) is 42.7 Å². The maximum Gasteiger partial charge on any atom is 0.252 e. The van der Waals surface area contributed by atoms with Crippen molar-refractivity contribution in [3.63, 3.8) is 0 Å². The van der Waals surface area contributed by atoms with Crippen LogP contribution in [0, 0.1) is 0 Å². The van der Waals surface area contributed by atoms with Crippen LogP contribution in [0.4, 0.5) is 0 Å². The van der Waals surface area contributed by atoms with Crippen LogP contribution < -0.4 is 10.6 Å². The largest absolute Gasteiger partial charge is 0.350 e. The fourth-order valence-corrected chi connectivity index (χ4v) is 2.55. The third-order valence-electron chi connectivity index (χ3n) is 3.53. The van der Waals surface area contributed by atoms with E-state index in [0.29, 0.717) is 29.1 Å². The summed E-state index contributed by atoms with van der Waals surface area (Å²) in [5, 5.41) is 5.52. The number of amides is 2. The van der Waals surface area contributed by atoms with Gasteiger partial charge in [-0.05, 0) is 30.3 Å². The predicted molar refractivity (Wildman–Crippen MR) is 94.5 cm³/mol. The van der Waals surface area contributed by atoms with E-state index in [1.165, 1.54) is 0 Å². The van der Waals surface area contributed by atoms with Crippen LogP contribution in [0.2, 0.25) is 0 Å². The van der Waals surface area contributed by atoms with Gasteiger partial charge in [-0.2, -0.15) is 0 Å². The van der Waals surface area contributed by atoms with Crippen LogP contribution in [0.25, 0.3) is 11.0 Å². The van der Waals surface area contributed by atoms with Gasteiger partial charge in [0.05, 0.1) is 22.9 Å². The van der Waals surface area contributed by atoms with Crippen molar-refractivity contribution in [3.8, 4) is 0 Å². The summed E-state index contributed by atoms with van der Waals surface area (Å²) in [5.41, 5.74) is 2.67. The SMILES string of the molecule is O=C(NCCNC(=O)c1ccccc1S)c1ccc2nc[nH]c2c1. The van der Waals surface area contributed by atoms with Gasteiger partial charge in [0.1, 0.15) is 0 Å². The molecule has 0 fully saturated rings. The van der Waals surface area contributed by atoms with Crippen LogP contribution >= 0.6 is 12.6 Å². The zero-order chi connectivity index (χ0) is 16.9. The summed E-state index contributed by atoms with van der Waals surface area (Å²) in [4.78, 5) is 31.8. The maximum absolute atomic E-state index is 12.1. The molecule has 24 heavy (non-hydrogen) atoms. The lowest BCUT2D eigenvalue weighted by Gasteiger charge is -2.08. The number of hydrogen-bond acceptors (Lipinski definition) is 4. The Labute approximate surface area is 144 Å². The minimum Gasteiger partial charge on any atom is -0.350 e. The number of aromatic amines is 1. The molecule has 122 valence electrons. The number of rotatable bonds is 5. The minimum atomic E-state index is -0.214. The highest BCUT2D eigenvalue weighted by Crippen LogP contribution is 2.12. The number of fused-ring (bicyclic) bond motifs is 1. The molecule has 0 atom stereocenters. The van der Waals surface area contributed by atoms with Crippen LogP contribution in [-0.4, -0.2) is 34.9 Å². The average molecular weight is 340 g/mol. The molecular formula is C17H16N4O2S. The molecule has 0 aliphatic rings. The molecule has 7 heteroatoms. The summed E-state index contributed by atoms with van der Waals surface area (Å²) >= 11 is 4.25. The highest BCUT2D eigenvalue weighted by Gasteiger charge is 2.09. The van der Waals surface area contributed by atoms with E-state index in [0.717, 1.165) is 11.0 Å². The van der Waals surface area contributed by atoms with Crippen LogP contribution in [0.5, 0.6) is 0 Å². The predicted octanol–water partition coefficient (Wildman–Crippen LogP) is 2.01. The summed E-state index contributed by atoms with van der Waals surface area (Å²) in [6.07, 6.45) is 1.58. The van der Waals surface area contributed by atoms with Gasteiger partial charge in [0, 0.05) is 23.5 Å². The molecule has 3 aromatic rings. The molecule has 0 radical (unpaired) electrons. The summed E-state index contributed by atoms with van der Waals surface area (Å²) in [5.74, 6) is -0.413. The molecule has 3 N–H and O–H groups in total. The first kappa shape index (κ1) is 16.1. The quantitative estimate of drug-likeness (QED) is 0.423. The van der Waals surface area contributed by atoms with E-state index in [4.69, 9.17) is 0 Å². The molecule has 0 bridgehead atoms. The van der Waals surface area contributed by atoms with Gasteiger partial charge in [-0.15, -0.1) is 12.6 Å². The van der Waals surface area contributed by atoms with Crippen molar-refractivity contribution in [2.75, 3.05) is 13.1 Å². The standard InChI is InChI=1S/C17H16N4O2S/c22-16(11-5-6-13-14(9-11)21-10-20-13)18-7-8-19-17(23)12-3-1-2-4-15(12)24/h1-6,9-10,24H,7-8H2,(H,18,22)(H,19,23)(H,20,21). The normalized spacial score (nSPS) is 10.5. The third kappa shape index (κ3) is 3.57. The fourth-order valence-electron chi connectivity index (χ4n) is 2.29. The molecule has 1 aromatic heterocycles. The lowest BCUT2D eigenvalue weighted by Crippen LogP contribution is -2.34. The molecule has 0 aliphatic carbocycles. The van der Waals surface area contributed by atoms with E-state index in [9.17, 15) is 9.59 Å². The Kier molecular flexibility index (Phi) is 4.81. The number of aromatic nitrogens is 2. The zero-order valence-corrected chi connectivity index (χ0v) is 13.6. The van der Waals surface area contributed by atoms with Crippen molar-refractivity contribution in [3.05, 3.63) is 59.9 Å². The minimum absolute atomic E-state index is 0.199. The maximum atomic E-state index is 12.1. The van der Waals surface area contributed by atoms with Gasteiger partial charge < -0.3 is 15.6 Å². The van der Waals surface area contributed by atoms with Crippen LogP contribution in [-0.2, 0) is 0 Å². The number of imidazole rings is 1. The Morgan fingerprint density at radius 1 is 1.04 bits per heavy atom. The second-order valence-corrected chi connectivity index (χ2v) is 5.65. The number of benzene rings is 2. The first-order chi connectivity index (χ1) is 11.6. The van der Waals surface area contributed by atoms with E-state index in [1.807, 2.05) is 6.07 Å². The zero-order valence-electron chi connectivity index (χ0n) is 12.7. The summed E-state index contributed by atoms with van der Waals surface area (Å²) < 4.78 is 0. The number of carbonyl (C=O) groups is 2. The molecule has 0 aliphatic heterocycles. The molecular weight excluding hydrogens is 324 g/mol. The smallest absolute Gasteiger partial charge is 0.252 e. The Hall–Kier alpha value is -2.80. The molecule has 3 rings (SSSR count).